The fraction of sp³-hybridized carbons (Fsp3) is 0.571. The molecule has 0 bridgehead atoms. The van der Waals surface area contributed by atoms with Gasteiger partial charge in [-0.25, -0.2) is 4.39 Å². The van der Waals surface area contributed by atoms with E-state index in [1.807, 2.05) is 6.92 Å². The fourth-order valence-corrected chi connectivity index (χ4v) is 2.02. The Morgan fingerprint density at radius 3 is 2.59 bits per heavy atom. The molecule has 0 saturated heterocycles. The van der Waals surface area contributed by atoms with Crippen LogP contribution in [-0.2, 0) is 0 Å². The molecule has 1 N–H and O–H groups in total. The molecule has 0 fully saturated rings. The lowest BCUT2D eigenvalue weighted by molar-refractivity contribution is 0.407. The van der Waals surface area contributed by atoms with Crippen molar-refractivity contribution in [3.05, 3.63) is 29.6 Å². The van der Waals surface area contributed by atoms with Crippen molar-refractivity contribution >= 4 is 0 Å². The first-order valence-corrected chi connectivity index (χ1v) is 6.18. The van der Waals surface area contributed by atoms with Crippen LogP contribution in [0.1, 0.15) is 45.2 Å². The standard InChI is InChI=1S/C14H22FNO/c1-5-6-10(2)16-11(3)13-8-7-12(17-4)9-14(13)15/h7-11,16H,5-6H2,1-4H3. The summed E-state index contributed by atoms with van der Waals surface area (Å²) in [6.07, 6.45) is 2.23. The van der Waals surface area contributed by atoms with Crippen LogP contribution in [0, 0.1) is 5.82 Å². The number of ether oxygens (including phenoxy) is 1. The average molecular weight is 239 g/mol. The van der Waals surface area contributed by atoms with Crippen molar-refractivity contribution in [2.45, 2.75) is 45.7 Å². The smallest absolute Gasteiger partial charge is 0.131 e. The van der Waals surface area contributed by atoms with Crippen LogP contribution in [0.15, 0.2) is 18.2 Å². The van der Waals surface area contributed by atoms with Crippen molar-refractivity contribution in [2.75, 3.05) is 7.11 Å². The Kier molecular flexibility index (Phi) is 5.42. The van der Waals surface area contributed by atoms with Gasteiger partial charge in [-0.1, -0.05) is 19.4 Å². The predicted molar refractivity (Wildman–Crippen MR) is 68.9 cm³/mol. The van der Waals surface area contributed by atoms with Gasteiger partial charge in [-0.3, -0.25) is 0 Å². The van der Waals surface area contributed by atoms with E-state index in [-0.39, 0.29) is 11.9 Å². The molecule has 0 radical (unpaired) electrons. The lowest BCUT2D eigenvalue weighted by Gasteiger charge is -2.20. The van der Waals surface area contributed by atoms with Crippen LogP contribution < -0.4 is 10.1 Å². The summed E-state index contributed by atoms with van der Waals surface area (Å²) >= 11 is 0. The van der Waals surface area contributed by atoms with E-state index in [1.165, 1.54) is 6.07 Å². The van der Waals surface area contributed by atoms with Gasteiger partial charge in [0.25, 0.3) is 0 Å². The third-order valence-corrected chi connectivity index (χ3v) is 2.93. The van der Waals surface area contributed by atoms with E-state index in [9.17, 15) is 4.39 Å². The maximum absolute atomic E-state index is 13.8. The van der Waals surface area contributed by atoms with Crippen LogP contribution in [0.4, 0.5) is 4.39 Å². The van der Waals surface area contributed by atoms with E-state index >= 15 is 0 Å². The van der Waals surface area contributed by atoms with E-state index in [1.54, 1.807) is 19.2 Å². The Hall–Kier alpha value is -1.09. The summed E-state index contributed by atoms with van der Waals surface area (Å²) in [5.74, 6) is 0.341. The van der Waals surface area contributed by atoms with Gasteiger partial charge in [0.05, 0.1) is 7.11 Å². The highest BCUT2D eigenvalue weighted by Gasteiger charge is 2.13. The van der Waals surface area contributed by atoms with E-state index in [0.717, 1.165) is 12.8 Å². The molecular weight excluding hydrogens is 217 g/mol. The molecule has 17 heavy (non-hydrogen) atoms. The highest BCUT2D eigenvalue weighted by molar-refractivity contribution is 5.30. The molecule has 3 heteroatoms. The van der Waals surface area contributed by atoms with Crippen molar-refractivity contribution < 1.29 is 9.13 Å². The van der Waals surface area contributed by atoms with Crippen molar-refractivity contribution in [2.24, 2.45) is 0 Å². The van der Waals surface area contributed by atoms with Gasteiger partial charge in [0, 0.05) is 23.7 Å². The van der Waals surface area contributed by atoms with E-state index < -0.39 is 0 Å². The number of halogens is 1. The fourth-order valence-electron chi connectivity index (χ4n) is 2.02. The minimum absolute atomic E-state index is 0.0162. The molecule has 0 aliphatic carbocycles. The van der Waals surface area contributed by atoms with Crippen molar-refractivity contribution in [1.29, 1.82) is 0 Å². The highest BCUT2D eigenvalue weighted by Crippen LogP contribution is 2.22. The lowest BCUT2D eigenvalue weighted by atomic mass is 10.1. The summed E-state index contributed by atoms with van der Waals surface area (Å²) in [6.45, 7) is 6.26. The Balaban J connectivity index is 2.71. The molecule has 1 aromatic carbocycles. The third-order valence-electron chi connectivity index (χ3n) is 2.93. The maximum Gasteiger partial charge on any atom is 0.131 e. The summed E-state index contributed by atoms with van der Waals surface area (Å²) in [5, 5.41) is 3.39. The van der Waals surface area contributed by atoms with Gasteiger partial charge in [-0.15, -0.1) is 0 Å². The first-order chi connectivity index (χ1) is 8.08. The third kappa shape index (κ3) is 4.00. The molecular formula is C14H22FNO. The second kappa shape index (κ2) is 6.60. The van der Waals surface area contributed by atoms with Gasteiger partial charge in [0.1, 0.15) is 11.6 Å². The van der Waals surface area contributed by atoms with Crippen molar-refractivity contribution in [3.63, 3.8) is 0 Å². The monoisotopic (exact) mass is 239 g/mol. The number of methoxy groups -OCH3 is 1. The Morgan fingerprint density at radius 1 is 1.35 bits per heavy atom. The van der Waals surface area contributed by atoms with Crippen molar-refractivity contribution in [1.82, 2.24) is 5.32 Å². The molecule has 0 spiro atoms. The quantitative estimate of drug-likeness (QED) is 0.817. The molecule has 96 valence electrons. The Morgan fingerprint density at radius 2 is 2.06 bits per heavy atom. The van der Waals surface area contributed by atoms with Gasteiger partial charge in [-0.2, -0.15) is 0 Å². The van der Waals surface area contributed by atoms with Crippen LogP contribution in [-0.4, -0.2) is 13.2 Å². The van der Waals surface area contributed by atoms with E-state index in [4.69, 9.17) is 4.74 Å². The number of benzene rings is 1. The predicted octanol–water partition coefficient (Wildman–Crippen LogP) is 3.67. The molecule has 0 aliphatic rings. The number of hydrogen-bond acceptors (Lipinski definition) is 2. The lowest BCUT2D eigenvalue weighted by Crippen LogP contribution is -2.29. The minimum Gasteiger partial charge on any atom is -0.497 e. The maximum atomic E-state index is 13.8. The first-order valence-electron chi connectivity index (χ1n) is 6.18. The summed E-state index contributed by atoms with van der Waals surface area (Å²) in [5.41, 5.74) is 0.689. The Labute approximate surface area is 103 Å². The number of nitrogens with one attached hydrogen (secondary N) is 1. The molecule has 2 atom stereocenters. The van der Waals surface area contributed by atoms with Crippen molar-refractivity contribution in [3.8, 4) is 5.75 Å². The number of hydrogen-bond donors (Lipinski definition) is 1. The zero-order valence-electron chi connectivity index (χ0n) is 11.1. The summed E-state index contributed by atoms with van der Waals surface area (Å²) < 4.78 is 18.8. The minimum atomic E-state index is -0.215. The van der Waals surface area contributed by atoms with Crippen LogP contribution >= 0.6 is 0 Å². The molecule has 0 amide bonds. The topological polar surface area (TPSA) is 21.3 Å². The molecule has 0 heterocycles. The summed E-state index contributed by atoms with van der Waals surface area (Å²) in [6, 6.07) is 5.42. The van der Waals surface area contributed by atoms with Gasteiger partial charge in [-0.05, 0) is 26.3 Å². The van der Waals surface area contributed by atoms with Gasteiger partial charge < -0.3 is 10.1 Å². The number of rotatable bonds is 6. The van der Waals surface area contributed by atoms with Gasteiger partial charge >= 0.3 is 0 Å². The average Bonchev–Trinajstić information content (AvgIpc) is 2.28. The highest BCUT2D eigenvalue weighted by atomic mass is 19.1. The largest absolute Gasteiger partial charge is 0.497 e. The van der Waals surface area contributed by atoms with Gasteiger partial charge in [0.2, 0.25) is 0 Å². The first kappa shape index (κ1) is 14.0. The molecule has 0 aliphatic heterocycles. The zero-order valence-corrected chi connectivity index (χ0v) is 11.1. The van der Waals surface area contributed by atoms with Crippen LogP contribution in [0.25, 0.3) is 0 Å². The molecule has 1 rings (SSSR count). The van der Waals surface area contributed by atoms with Crippen LogP contribution in [0.5, 0.6) is 5.75 Å². The normalized spacial score (nSPS) is 14.4. The van der Waals surface area contributed by atoms with E-state index in [2.05, 4.69) is 19.2 Å². The van der Waals surface area contributed by atoms with Crippen LogP contribution in [0.2, 0.25) is 0 Å². The SMILES string of the molecule is CCCC(C)NC(C)c1ccc(OC)cc1F. The molecule has 2 unspecified atom stereocenters. The second-order valence-electron chi connectivity index (χ2n) is 4.47. The second-order valence-corrected chi connectivity index (χ2v) is 4.47. The Bertz CT molecular complexity index is 354. The van der Waals surface area contributed by atoms with E-state index in [0.29, 0.717) is 17.4 Å². The molecule has 0 saturated carbocycles. The molecule has 1 aromatic rings. The molecule has 0 aromatic heterocycles. The molecule has 2 nitrogen and oxygen atoms in total. The van der Waals surface area contributed by atoms with Crippen LogP contribution in [0.3, 0.4) is 0 Å². The summed E-state index contributed by atoms with van der Waals surface area (Å²) in [4.78, 5) is 0. The van der Waals surface area contributed by atoms with Gasteiger partial charge in [0.15, 0.2) is 0 Å². The summed E-state index contributed by atoms with van der Waals surface area (Å²) in [7, 11) is 1.54. The zero-order chi connectivity index (χ0) is 12.8.